The monoisotopic (exact) mass is 362 g/mol. The molecule has 3 rings (SSSR count). The molecule has 0 heterocycles. The first-order valence-corrected chi connectivity index (χ1v) is 8.40. The Labute approximate surface area is 134 Å². The van der Waals surface area contributed by atoms with E-state index in [-0.39, 0.29) is 15.0 Å². The minimum absolute atomic E-state index is 0.0744. The standard InChI is InChI=1S/C17H14O4Se/c1-20-17(21-2)15(18)13-9-8-12(10-14(13)16(17)19)22-11-6-4-3-5-7-11/h3-10H,1-2H3. The van der Waals surface area contributed by atoms with E-state index in [2.05, 4.69) is 12.1 Å². The van der Waals surface area contributed by atoms with Crippen LogP contribution in [0.3, 0.4) is 0 Å². The quantitative estimate of drug-likeness (QED) is 0.457. The number of hydrogen-bond donors (Lipinski definition) is 0. The Bertz CT molecular complexity index is 736. The topological polar surface area (TPSA) is 52.6 Å². The predicted molar refractivity (Wildman–Crippen MR) is 83.3 cm³/mol. The number of hydrogen-bond acceptors (Lipinski definition) is 4. The second kappa shape index (κ2) is 5.78. The summed E-state index contributed by atoms with van der Waals surface area (Å²) in [6.07, 6.45) is 0. The summed E-state index contributed by atoms with van der Waals surface area (Å²) in [5.74, 6) is -2.68. The van der Waals surface area contributed by atoms with Gasteiger partial charge in [-0.3, -0.25) is 0 Å². The molecule has 0 atom stereocenters. The third-order valence-corrected chi connectivity index (χ3v) is 5.72. The second-order valence-corrected chi connectivity index (χ2v) is 7.21. The molecule has 0 amide bonds. The molecule has 0 N–H and O–H groups in total. The molecule has 0 bridgehead atoms. The maximum absolute atomic E-state index is 12.5. The molecule has 5 heteroatoms. The summed E-state index contributed by atoms with van der Waals surface area (Å²) < 4.78 is 12.4. The van der Waals surface area contributed by atoms with Crippen molar-refractivity contribution in [2.45, 2.75) is 5.79 Å². The SMILES string of the molecule is COC1(OC)C(=O)c2ccc([Se]c3ccccc3)cc2C1=O. The van der Waals surface area contributed by atoms with Crippen LogP contribution in [0.2, 0.25) is 0 Å². The van der Waals surface area contributed by atoms with Crippen LogP contribution in [-0.4, -0.2) is 46.5 Å². The molecule has 0 saturated carbocycles. The number of rotatable bonds is 4. The van der Waals surface area contributed by atoms with E-state index in [1.165, 1.54) is 18.7 Å². The van der Waals surface area contributed by atoms with Crippen molar-refractivity contribution in [1.29, 1.82) is 0 Å². The van der Waals surface area contributed by atoms with Crippen LogP contribution in [0.1, 0.15) is 20.7 Å². The van der Waals surface area contributed by atoms with E-state index in [4.69, 9.17) is 9.47 Å². The minimum atomic E-state index is -1.82. The maximum atomic E-state index is 12.5. The van der Waals surface area contributed by atoms with Gasteiger partial charge >= 0.3 is 134 Å². The summed E-state index contributed by atoms with van der Waals surface area (Å²) in [5, 5.41) is 0. The van der Waals surface area contributed by atoms with E-state index < -0.39 is 17.4 Å². The van der Waals surface area contributed by atoms with Crippen molar-refractivity contribution in [1.82, 2.24) is 0 Å². The Morgan fingerprint density at radius 2 is 1.45 bits per heavy atom. The molecule has 0 unspecified atom stereocenters. The third kappa shape index (κ3) is 2.23. The molecular weight excluding hydrogens is 347 g/mol. The van der Waals surface area contributed by atoms with Gasteiger partial charge in [0.1, 0.15) is 0 Å². The number of carbonyl (C=O) groups is 2. The van der Waals surface area contributed by atoms with E-state index in [0.29, 0.717) is 11.1 Å². The first-order valence-electron chi connectivity index (χ1n) is 6.69. The van der Waals surface area contributed by atoms with Gasteiger partial charge in [-0.2, -0.15) is 0 Å². The van der Waals surface area contributed by atoms with Crippen LogP contribution >= 0.6 is 0 Å². The summed E-state index contributed by atoms with van der Waals surface area (Å²) in [7, 11) is 2.61. The van der Waals surface area contributed by atoms with Crippen LogP contribution in [0.4, 0.5) is 0 Å². The first kappa shape index (κ1) is 15.1. The van der Waals surface area contributed by atoms with Crippen molar-refractivity contribution in [3.05, 3.63) is 59.7 Å². The van der Waals surface area contributed by atoms with E-state index in [9.17, 15) is 9.59 Å². The number of ether oxygens (including phenoxy) is 2. The normalized spacial score (nSPS) is 15.9. The molecule has 112 valence electrons. The van der Waals surface area contributed by atoms with Crippen molar-refractivity contribution >= 4 is 35.4 Å². The number of fused-ring (bicyclic) bond motifs is 1. The van der Waals surface area contributed by atoms with Crippen LogP contribution in [0.15, 0.2) is 48.5 Å². The number of ketones is 2. The second-order valence-electron chi connectivity index (χ2n) is 4.81. The van der Waals surface area contributed by atoms with Gasteiger partial charge in [-0.15, -0.1) is 0 Å². The van der Waals surface area contributed by atoms with E-state index in [1.54, 1.807) is 12.1 Å². The van der Waals surface area contributed by atoms with Gasteiger partial charge in [0.15, 0.2) is 0 Å². The zero-order valence-corrected chi connectivity index (χ0v) is 13.9. The van der Waals surface area contributed by atoms with Crippen molar-refractivity contribution in [2.75, 3.05) is 14.2 Å². The zero-order chi connectivity index (χ0) is 15.7. The van der Waals surface area contributed by atoms with Gasteiger partial charge in [-0.25, -0.2) is 0 Å². The van der Waals surface area contributed by atoms with Gasteiger partial charge in [0.05, 0.1) is 0 Å². The molecule has 1 aliphatic rings. The molecule has 0 spiro atoms. The Hall–Kier alpha value is -1.78. The zero-order valence-electron chi connectivity index (χ0n) is 12.2. The van der Waals surface area contributed by atoms with Gasteiger partial charge in [0.2, 0.25) is 0 Å². The molecule has 0 radical (unpaired) electrons. The van der Waals surface area contributed by atoms with Crippen LogP contribution in [-0.2, 0) is 9.47 Å². The molecule has 1 aliphatic carbocycles. The van der Waals surface area contributed by atoms with Crippen LogP contribution in [0.25, 0.3) is 0 Å². The molecule has 4 nitrogen and oxygen atoms in total. The summed E-state index contributed by atoms with van der Waals surface area (Å²) >= 11 is 0.0744. The van der Waals surface area contributed by atoms with Crippen LogP contribution in [0.5, 0.6) is 0 Å². The molecule has 0 fully saturated rings. The van der Waals surface area contributed by atoms with Gasteiger partial charge in [0.25, 0.3) is 0 Å². The molecule has 2 aromatic carbocycles. The number of Topliss-reactive ketones (excluding diaryl/α,β-unsaturated/α-hetero) is 2. The summed E-state index contributed by atoms with van der Waals surface area (Å²) in [4.78, 5) is 24.9. The molecule has 0 saturated heterocycles. The van der Waals surface area contributed by atoms with E-state index >= 15 is 0 Å². The van der Waals surface area contributed by atoms with Crippen molar-refractivity contribution in [3.8, 4) is 0 Å². The van der Waals surface area contributed by atoms with Gasteiger partial charge in [-0.05, 0) is 0 Å². The average molecular weight is 361 g/mol. The van der Waals surface area contributed by atoms with Gasteiger partial charge < -0.3 is 0 Å². The summed E-state index contributed by atoms with van der Waals surface area (Å²) in [6.45, 7) is 0. The molecule has 22 heavy (non-hydrogen) atoms. The molecule has 0 aliphatic heterocycles. The fourth-order valence-electron chi connectivity index (χ4n) is 2.51. The molecule has 0 aromatic heterocycles. The van der Waals surface area contributed by atoms with Crippen molar-refractivity contribution in [3.63, 3.8) is 0 Å². The number of carbonyl (C=O) groups excluding carboxylic acids is 2. The van der Waals surface area contributed by atoms with Crippen molar-refractivity contribution < 1.29 is 19.1 Å². The third-order valence-electron chi connectivity index (χ3n) is 3.63. The Morgan fingerprint density at radius 1 is 0.818 bits per heavy atom. The number of benzene rings is 2. The number of methoxy groups -OCH3 is 2. The first-order chi connectivity index (χ1) is 10.6. The van der Waals surface area contributed by atoms with Crippen LogP contribution in [0, 0.1) is 0 Å². The Balaban J connectivity index is 1.99. The molecular formula is C17H14O4Se. The summed E-state index contributed by atoms with van der Waals surface area (Å²) in [6, 6.07) is 15.4. The fourth-order valence-corrected chi connectivity index (χ4v) is 4.35. The van der Waals surface area contributed by atoms with Gasteiger partial charge in [-0.1, -0.05) is 0 Å². The van der Waals surface area contributed by atoms with Crippen molar-refractivity contribution in [2.24, 2.45) is 0 Å². The van der Waals surface area contributed by atoms with E-state index in [1.807, 2.05) is 24.3 Å². The Morgan fingerprint density at radius 3 is 2.09 bits per heavy atom. The van der Waals surface area contributed by atoms with Crippen LogP contribution < -0.4 is 8.92 Å². The fraction of sp³-hybridized carbons (Fsp3) is 0.176. The summed E-state index contributed by atoms with van der Waals surface area (Å²) in [5.41, 5.74) is 0.741. The van der Waals surface area contributed by atoms with Gasteiger partial charge in [0, 0.05) is 0 Å². The predicted octanol–water partition coefficient (Wildman–Crippen LogP) is 0.710. The average Bonchev–Trinajstić information content (AvgIpc) is 2.77. The Kier molecular flexibility index (Phi) is 3.98. The van der Waals surface area contributed by atoms with E-state index in [0.717, 1.165) is 4.46 Å². The molecule has 2 aromatic rings.